The van der Waals surface area contributed by atoms with Gasteiger partial charge in [-0.15, -0.1) is 11.3 Å². The smallest absolute Gasteiger partial charge is 0.277 e. The van der Waals surface area contributed by atoms with Gasteiger partial charge in [0, 0.05) is 30.7 Å². The zero-order valence-corrected chi connectivity index (χ0v) is 20.9. The second-order valence-corrected chi connectivity index (χ2v) is 9.59. The van der Waals surface area contributed by atoms with E-state index in [1.165, 1.54) is 0 Å². The number of carbonyl (C=O) groups is 2. The lowest BCUT2D eigenvalue weighted by Crippen LogP contribution is -2.23. The molecule has 39 heavy (non-hydrogen) atoms. The maximum absolute atomic E-state index is 14.1. The van der Waals surface area contributed by atoms with Crippen molar-refractivity contribution in [2.45, 2.75) is 6.54 Å². The van der Waals surface area contributed by atoms with Crippen LogP contribution in [0.5, 0.6) is 0 Å². The second kappa shape index (κ2) is 9.58. The first kappa shape index (κ1) is 24.1. The molecule has 2 aromatic carbocycles. The summed E-state index contributed by atoms with van der Waals surface area (Å²) in [6.07, 6.45) is 3.31. The Morgan fingerprint density at radius 1 is 0.974 bits per heavy atom. The fourth-order valence-electron chi connectivity index (χ4n) is 4.26. The van der Waals surface area contributed by atoms with E-state index in [-0.39, 0.29) is 22.6 Å². The van der Waals surface area contributed by atoms with Gasteiger partial charge in [-0.3, -0.25) is 14.2 Å². The van der Waals surface area contributed by atoms with Gasteiger partial charge in [-0.2, -0.15) is 0 Å². The predicted molar refractivity (Wildman–Crippen MR) is 146 cm³/mol. The summed E-state index contributed by atoms with van der Waals surface area (Å²) < 4.78 is 16.4. The Morgan fingerprint density at radius 3 is 2.51 bits per heavy atom. The van der Waals surface area contributed by atoms with E-state index in [9.17, 15) is 14.0 Å². The monoisotopic (exact) mass is 538 g/mol. The molecule has 0 fully saturated rings. The Balaban J connectivity index is 1.28. The van der Waals surface area contributed by atoms with Crippen LogP contribution >= 0.6 is 11.3 Å². The highest BCUT2D eigenvalue weighted by molar-refractivity contribution is 7.20. The highest BCUT2D eigenvalue weighted by Crippen LogP contribution is 2.30. The Bertz CT molecular complexity index is 1900. The molecule has 10 nitrogen and oxygen atoms in total. The van der Waals surface area contributed by atoms with Gasteiger partial charge in [0.15, 0.2) is 16.5 Å². The van der Waals surface area contributed by atoms with Gasteiger partial charge >= 0.3 is 0 Å². The maximum Gasteiger partial charge on any atom is 0.277 e. The Hall–Kier alpha value is -5.23. The van der Waals surface area contributed by atoms with Gasteiger partial charge in [-0.25, -0.2) is 24.3 Å². The van der Waals surface area contributed by atoms with Crippen molar-refractivity contribution in [3.05, 3.63) is 95.0 Å². The highest BCUT2D eigenvalue weighted by atomic mass is 32.1. The molecule has 0 atom stereocenters. The molecule has 4 aromatic heterocycles. The van der Waals surface area contributed by atoms with Crippen LogP contribution in [0.2, 0.25) is 0 Å². The standard InChI is InChI=1S/C27H19FN8O2S/c28-15-11-18(21-20(12-15)35-27(39-21)23(30)37)26(38)33-13-14-5-7-16(8-6-14)36-24(17-3-1-9-31-22(17)29)34-19-4-2-10-32-25(19)36/h1-12H,13H2,(H2,29,31)(H2,30,37)(H,33,38). The molecule has 0 bridgehead atoms. The third-order valence-electron chi connectivity index (χ3n) is 6.05. The van der Waals surface area contributed by atoms with Crippen LogP contribution in [-0.2, 0) is 6.54 Å². The highest BCUT2D eigenvalue weighted by Gasteiger charge is 2.19. The van der Waals surface area contributed by atoms with Crippen molar-refractivity contribution in [3.63, 3.8) is 0 Å². The summed E-state index contributed by atoms with van der Waals surface area (Å²) >= 11 is 0.951. The Morgan fingerprint density at radius 2 is 1.74 bits per heavy atom. The number of anilines is 1. The lowest BCUT2D eigenvalue weighted by molar-refractivity contribution is 0.0951. The maximum atomic E-state index is 14.1. The van der Waals surface area contributed by atoms with Gasteiger partial charge in [-0.05, 0) is 48.0 Å². The first-order chi connectivity index (χ1) is 18.9. The molecule has 192 valence electrons. The molecule has 0 saturated heterocycles. The third-order valence-corrected chi connectivity index (χ3v) is 7.17. The molecule has 5 N–H and O–H groups in total. The number of nitrogen functional groups attached to an aromatic ring is 1. The number of benzene rings is 2. The molecule has 0 aliphatic carbocycles. The molecule has 0 unspecified atom stereocenters. The van der Waals surface area contributed by atoms with E-state index in [4.69, 9.17) is 16.5 Å². The largest absolute Gasteiger partial charge is 0.383 e. The van der Waals surface area contributed by atoms with E-state index >= 15 is 0 Å². The second-order valence-electron chi connectivity index (χ2n) is 8.59. The van der Waals surface area contributed by atoms with Crippen molar-refractivity contribution in [2.24, 2.45) is 5.73 Å². The zero-order chi connectivity index (χ0) is 27.1. The Labute approximate surface area is 224 Å². The van der Waals surface area contributed by atoms with Gasteiger partial charge in [0.2, 0.25) is 0 Å². The number of imidazole rings is 1. The quantitative estimate of drug-likeness (QED) is 0.291. The number of halogens is 1. The summed E-state index contributed by atoms with van der Waals surface area (Å²) in [7, 11) is 0. The van der Waals surface area contributed by atoms with Gasteiger partial charge in [-0.1, -0.05) is 12.1 Å². The minimum atomic E-state index is -0.738. The molecular weight excluding hydrogens is 519 g/mol. The van der Waals surface area contributed by atoms with Crippen molar-refractivity contribution >= 4 is 50.3 Å². The molecule has 0 aliphatic heterocycles. The van der Waals surface area contributed by atoms with Gasteiger partial charge in [0.25, 0.3) is 11.8 Å². The number of hydrogen-bond acceptors (Lipinski definition) is 8. The van der Waals surface area contributed by atoms with Crippen LogP contribution in [0.25, 0.3) is 38.5 Å². The Kier molecular flexibility index (Phi) is 5.92. The van der Waals surface area contributed by atoms with Crippen molar-refractivity contribution in [3.8, 4) is 17.1 Å². The number of pyridine rings is 2. The summed E-state index contributed by atoms with van der Waals surface area (Å²) in [5, 5.41) is 2.81. The normalized spacial score (nSPS) is 11.2. The zero-order valence-electron chi connectivity index (χ0n) is 20.1. The number of primary amides is 1. The number of nitrogens with two attached hydrogens (primary N) is 2. The van der Waals surface area contributed by atoms with Gasteiger partial charge in [0.1, 0.15) is 17.2 Å². The summed E-state index contributed by atoms with van der Waals surface area (Å²) in [6, 6.07) is 17.1. The summed E-state index contributed by atoms with van der Waals surface area (Å²) in [4.78, 5) is 41.9. The molecule has 4 heterocycles. The lowest BCUT2D eigenvalue weighted by Gasteiger charge is -2.11. The van der Waals surface area contributed by atoms with E-state index in [1.54, 1.807) is 18.5 Å². The van der Waals surface area contributed by atoms with Gasteiger partial charge in [0.05, 0.1) is 21.3 Å². The fourth-order valence-corrected chi connectivity index (χ4v) is 5.17. The molecule has 0 saturated carbocycles. The van der Waals surface area contributed by atoms with E-state index in [0.717, 1.165) is 34.7 Å². The average molecular weight is 539 g/mol. The van der Waals surface area contributed by atoms with Crippen LogP contribution in [0.1, 0.15) is 25.7 Å². The van der Waals surface area contributed by atoms with Crippen molar-refractivity contribution in [2.75, 3.05) is 5.73 Å². The van der Waals surface area contributed by atoms with Crippen LogP contribution in [0.15, 0.2) is 73.1 Å². The number of nitrogens with one attached hydrogen (secondary N) is 1. The number of aromatic nitrogens is 5. The molecule has 12 heteroatoms. The first-order valence-corrected chi connectivity index (χ1v) is 12.5. The number of fused-ring (bicyclic) bond motifs is 2. The summed E-state index contributed by atoms with van der Waals surface area (Å²) in [5.74, 6) is -0.917. The number of hydrogen-bond donors (Lipinski definition) is 3. The lowest BCUT2D eigenvalue weighted by atomic mass is 10.1. The minimum Gasteiger partial charge on any atom is -0.383 e. The van der Waals surface area contributed by atoms with Crippen LogP contribution in [0.3, 0.4) is 0 Å². The van der Waals surface area contributed by atoms with E-state index < -0.39 is 17.6 Å². The molecule has 0 spiro atoms. The molecule has 6 rings (SSSR count). The number of nitrogens with zero attached hydrogens (tertiary/aromatic N) is 5. The first-order valence-electron chi connectivity index (χ1n) is 11.7. The summed E-state index contributed by atoms with van der Waals surface area (Å²) in [5.41, 5.74) is 15.4. The number of rotatable bonds is 6. The van der Waals surface area contributed by atoms with Crippen molar-refractivity contribution in [1.82, 2.24) is 29.8 Å². The van der Waals surface area contributed by atoms with Gasteiger partial charge < -0.3 is 16.8 Å². The molecule has 6 aromatic rings. The average Bonchev–Trinajstić information content (AvgIpc) is 3.54. The topological polar surface area (TPSA) is 155 Å². The van der Waals surface area contributed by atoms with E-state index in [2.05, 4.69) is 20.3 Å². The number of thiazole rings is 1. The van der Waals surface area contributed by atoms with Crippen LogP contribution < -0.4 is 16.8 Å². The van der Waals surface area contributed by atoms with E-state index in [0.29, 0.717) is 33.1 Å². The molecule has 0 radical (unpaired) electrons. The van der Waals surface area contributed by atoms with Crippen LogP contribution in [-0.4, -0.2) is 36.3 Å². The van der Waals surface area contributed by atoms with E-state index in [1.807, 2.05) is 47.0 Å². The van der Waals surface area contributed by atoms with Crippen LogP contribution in [0.4, 0.5) is 10.2 Å². The molecular formula is C27H19FN8O2S. The summed E-state index contributed by atoms with van der Waals surface area (Å²) in [6.45, 7) is 0.184. The predicted octanol–water partition coefficient (Wildman–Crippen LogP) is 3.84. The van der Waals surface area contributed by atoms with Crippen LogP contribution in [0, 0.1) is 5.82 Å². The molecule has 2 amide bonds. The number of amides is 2. The van der Waals surface area contributed by atoms with Crippen molar-refractivity contribution in [1.29, 1.82) is 0 Å². The van der Waals surface area contributed by atoms with Crippen molar-refractivity contribution < 1.29 is 14.0 Å². The fraction of sp³-hybridized carbons (Fsp3) is 0.0370. The minimum absolute atomic E-state index is 0.00848. The molecule has 0 aliphatic rings. The number of carbonyl (C=O) groups excluding carboxylic acids is 2. The SMILES string of the molecule is NC(=O)c1nc2cc(F)cc(C(=O)NCc3ccc(-n4c(-c5cccnc5N)nc5cccnc54)cc3)c2s1. The third kappa shape index (κ3) is 4.42.